The molecule has 1 nitrogen and oxygen atoms in total. The fourth-order valence-corrected chi connectivity index (χ4v) is 3.91. The zero-order valence-corrected chi connectivity index (χ0v) is 12.0. The number of benzene rings is 1. The van der Waals surface area contributed by atoms with Crippen molar-refractivity contribution in [3.63, 3.8) is 0 Å². The maximum absolute atomic E-state index is 3.64. The fourth-order valence-electron chi connectivity index (χ4n) is 2.58. The quantitative estimate of drug-likeness (QED) is 0.810. The van der Waals surface area contributed by atoms with Gasteiger partial charge in [-0.3, -0.25) is 0 Å². The van der Waals surface area contributed by atoms with Gasteiger partial charge in [0.15, 0.2) is 0 Å². The first-order valence-corrected chi connectivity index (χ1v) is 7.70. The number of hydrogen-bond donors (Lipinski definition) is 1. The Morgan fingerprint density at radius 2 is 2.28 bits per heavy atom. The highest BCUT2D eigenvalue weighted by molar-refractivity contribution is 7.99. The van der Waals surface area contributed by atoms with E-state index in [4.69, 9.17) is 0 Å². The lowest BCUT2D eigenvalue weighted by Crippen LogP contribution is -2.35. The van der Waals surface area contributed by atoms with Gasteiger partial charge in [0.2, 0.25) is 0 Å². The van der Waals surface area contributed by atoms with Gasteiger partial charge in [-0.15, -0.1) is 23.6 Å². The molecule has 1 aromatic rings. The molecular weight excluding hydrogens is 238 g/mol. The molecule has 1 aliphatic heterocycles. The summed E-state index contributed by atoms with van der Waals surface area (Å²) in [6.45, 7) is 5.14. The topological polar surface area (TPSA) is 12.0 Å². The molecular formula is C16H21NS. The van der Waals surface area contributed by atoms with Gasteiger partial charge in [-0.2, -0.15) is 0 Å². The van der Waals surface area contributed by atoms with Gasteiger partial charge < -0.3 is 5.32 Å². The van der Waals surface area contributed by atoms with Gasteiger partial charge in [0.1, 0.15) is 0 Å². The zero-order chi connectivity index (χ0) is 12.8. The molecule has 0 fully saturated rings. The number of nitrogens with one attached hydrogen (secondary N) is 1. The van der Waals surface area contributed by atoms with Crippen molar-refractivity contribution in [3.8, 4) is 11.8 Å². The molecule has 0 saturated carbocycles. The minimum Gasteiger partial charge on any atom is -0.314 e. The van der Waals surface area contributed by atoms with Crippen LogP contribution < -0.4 is 5.32 Å². The smallest absolute Gasteiger partial charge is 0.0153 e. The lowest BCUT2D eigenvalue weighted by molar-refractivity contribution is 0.443. The van der Waals surface area contributed by atoms with E-state index in [1.54, 1.807) is 0 Å². The molecule has 18 heavy (non-hydrogen) atoms. The summed E-state index contributed by atoms with van der Waals surface area (Å²) < 4.78 is 0. The van der Waals surface area contributed by atoms with E-state index in [1.807, 2.05) is 18.7 Å². The molecule has 2 heteroatoms. The van der Waals surface area contributed by atoms with Crippen molar-refractivity contribution in [2.24, 2.45) is 0 Å². The van der Waals surface area contributed by atoms with E-state index < -0.39 is 0 Å². The highest BCUT2D eigenvalue weighted by atomic mass is 32.2. The average Bonchev–Trinajstić information content (AvgIpc) is 2.82. The summed E-state index contributed by atoms with van der Waals surface area (Å²) in [4.78, 5) is 1.46. The van der Waals surface area contributed by atoms with Crippen LogP contribution in [0, 0.1) is 11.8 Å². The van der Waals surface area contributed by atoms with Crippen LogP contribution in [0.15, 0.2) is 29.2 Å². The first-order valence-electron chi connectivity index (χ1n) is 6.71. The lowest BCUT2D eigenvalue weighted by Gasteiger charge is -2.24. The minimum absolute atomic E-state index is 0.562. The molecule has 1 aliphatic rings. The van der Waals surface area contributed by atoms with E-state index in [0.29, 0.717) is 12.0 Å². The Labute approximate surface area is 115 Å². The largest absolute Gasteiger partial charge is 0.314 e. The standard InChI is InChI=1S/C16H21NS/c1-3-5-6-10-15(17-4-2)14-12-18-16-11-8-7-9-13(14)16/h7-9,11,14-15,17H,4,6,10,12H2,1-2H3. The third-order valence-electron chi connectivity index (χ3n) is 3.45. The van der Waals surface area contributed by atoms with Crippen LogP contribution in [0.3, 0.4) is 0 Å². The predicted octanol–water partition coefficient (Wildman–Crippen LogP) is 3.66. The molecule has 0 bridgehead atoms. The monoisotopic (exact) mass is 259 g/mol. The van der Waals surface area contributed by atoms with Crippen molar-refractivity contribution in [1.82, 2.24) is 5.32 Å². The van der Waals surface area contributed by atoms with Crippen molar-refractivity contribution >= 4 is 11.8 Å². The van der Waals surface area contributed by atoms with Crippen LogP contribution in [-0.2, 0) is 0 Å². The fraction of sp³-hybridized carbons (Fsp3) is 0.500. The van der Waals surface area contributed by atoms with Crippen molar-refractivity contribution in [3.05, 3.63) is 29.8 Å². The molecule has 0 aliphatic carbocycles. The van der Waals surface area contributed by atoms with Crippen molar-refractivity contribution in [1.29, 1.82) is 0 Å². The zero-order valence-electron chi connectivity index (χ0n) is 11.2. The number of thioether (sulfide) groups is 1. The van der Waals surface area contributed by atoms with E-state index in [-0.39, 0.29) is 0 Å². The average molecular weight is 259 g/mol. The van der Waals surface area contributed by atoms with Crippen LogP contribution in [0.5, 0.6) is 0 Å². The molecule has 0 radical (unpaired) electrons. The van der Waals surface area contributed by atoms with Crippen LogP contribution in [0.25, 0.3) is 0 Å². The summed E-state index contributed by atoms with van der Waals surface area (Å²) in [6.07, 6.45) is 2.14. The SMILES string of the molecule is CC#CCCC(NCC)C1CSc2ccccc21. The highest BCUT2D eigenvalue weighted by Gasteiger charge is 2.29. The summed E-state index contributed by atoms with van der Waals surface area (Å²) in [5, 5.41) is 3.64. The Balaban J connectivity index is 2.09. The van der Waals surface area contributed by atoms with Crippen molar-refractivity contribution in [2.45, 2.75) is 43.5 Å². The van der Waals surface area contributed by atoms with E-state index >= 15 is 0 Å². The molecule has 96 valence electrons. The van der Waals surface area contributed by atoms with E-state index in [1.165, 1.54) is 16.2 Å². The Morgan fingerprint density at radius 1 is 1.44 bits per heavy atom. The normalized spacial score (nSPS) is 18.9. The summed E-state index contributed by atoms with van der Waals surface area (Å²) in [6, 6.07) is 9.39. The third kappa shape index (κ3) is 3.10. The first kappa shape index (κ1) is 13.5. The van der Waals surface area contributed by atoms with E-state index in [9.17, 15) is 0 Å². The van der Waals surface area contributed by atoms with Crippen molar-refractivity contribution in [2.75, 3.05) is 12.3 Å². The molecule has 1 aromatic carbocycles. The van der Waals surface area contributed by atoms with Gasteiger partial charge >= 0.3 is 0 Å². The Hall–Kier alpha value is -0.910. The lowest BCUT2D eigenvalue weighted by atomic mass is 9.90. The van der Waals surface area contributed by atoms with Crippen LogP contribution in [0.4, 0.5) is 0 Å². The maximum atomic E-state index is 3.64. The van der Waals surface area contributed by atoms with Gasteiger partial charge in [-0.1, -0.05) is 25.1 Å². The molecule has 0 saturated heterocycles. The molecule has 2 unspecified atom stereocenters. The van der Waals surface area contributed by atoms with Crippen LogP contribution in [0.1, 0.15) is 38.2 Å². The molecule has 2 atom stereocenters. The summed E-state index contributed by atoms with van der Waals surface area (Å²) in [5.74, 6) is 8.03. The van der Waals surface area contributed by atoms with E-state index in [2.05, 4.69) is 48.3 Å². The van der Waals surface area contributed by atoms with Crippen LogP contribution in [0.2, 0.25) is 0 Å². The summed E-state index contributed by atoms with van der Waals surface area (Å²) in [5.41, 5.74) is 1.53. The second-order valence-electron chi connectivity index (χ2n) is 4.58. The molecule has 0 spiro atoms. The number of likely N-dealkylation sites (N-methyl/N-ethyl adjacent to an activating group) is 1. The van der Waals surface area contributed by atoms with Gasteiger partial charge in [-0.25, -0.2) is 0 Å². The minimum atomic E-state index is 0.562. The second-order valence-corrected chi connectivity index (χ2v) is 5.65. The van der Waals surface area contributed by atoms with E-state index in [0.717, 1.165) is 19.4 Å². The summed E-state index contributed by atoms with van der Waals surface area (Å²) in [7, 11) is 0. The number of fused-ring (bicyclic) bond motifs is 1. The summed E-state index contributed by atoms with van der Waals surface area (Å²) >= 11 is 1.99. The van der Waals surface area contributed by atoms with Crippen LogP contribution in [-0.4, -0.2) is 18.3 Å². The molecule has 2 rings (SSSR count). The molecule has 0 aromatic heterocycles. The first-order chi connectivity index (χ1) is 8.86. The van der Waals surface area contributed by atoms with Gasteiger partial charge in [0, 0.05) is 29.0 Å². The van der Waals surface area contributed by atoms with Crippen LogP contribution >= 0.6 is 11.8 Å². The second kappa shape index (κ2) is 6.87. The maximum Gasteiger partial charge on any atom is 0.0153 e. The van der Waals surface area contributed by atoms with Gasteiger partial charge in [0.05, 0.1) is 0 Å². The van der Waals surface area contributed by atoms with Gasteiger partial charge in [-0.05, 0) is 31.5 Å². The van der Waals surface area contributed by atoms with Gasteiger partial charge in [0.25, 0.3) is 0 Å². The number of rotatable bonds is 5. The molecule has 1 heterocycles. The third-order valence-corrected chi connectivity index (χ3v) is 4.65. The van der Waals surface area contributed by atoms with Crippen molar-refractivity contribution < 1.29 is 0 Å². The number of hydrogen-bond acceptors (Lipinski definition) is 2. The Morgan fingerprint density at radius 3 is 3.06 bits per heavy atom. The molecule has 0 amide bonds. The Bertz CT molecular complexity index is 444. The highest BCUT2D eigenvalue weighted by Crippen LogP contribution is 2.41. The predicted molar refractivity (Wildman–Crippen MR) is 80.1 cm³/mol. The Kier molecular flexibility index (Phi) is 5.16. The molecule has 1 N–H and O–H groups in total.